The second kappa shape index (κ2) is 10.1. The summed E-state index contributed by atoms with van der Waals surface area (Å²) in [5.74, 6) is 0.928. The van der Waals surface area contributed by atoms with E-state index < -0.39 is 22.0 Å². The summed E-state index contributed by atoms with van der Waals surface area (Å²) < 4.78 is 27.4. The fourth-order valence-corrected chi connectivity index (χ4v) is 4.94. The summed E-state index contributed by atoms with van der Waals surface area (Å²) in [6.45, 7) is 1.54. The van der Waals surface area contributed by atoms with Gasteiger partial charge in [0.25, 0.3) is 0 Å². The highest BCUT2D eigenvalue weighted by Gasteiger charge is 2.24. The standard InChI is InChI=1S/C21H26N4O3S2/c1-15(25-30(27,28)14-16-8-4-3-5-9-16)21(26)24-19(12-13-29-2)20-22-17-10-6-7-11-18(17)23-20/h3-11,15,19,25H,12-14H2,1-2H3,(H,22,23)(H,24,26)/t15-,19+/m1/s1. The minimum absolute atomic E-state index is 0.176. The van der Waals surface area contributed by atoms with Crippen LogP contribution in [0, 0.1) is 0 Å². The van der Waals surface area contributed by atoms with Gasteiger partial charge in [-0.3, -0.25) is 4.79 Å². The zero-order valence-corrected chi connectivity index (χ0v) is 18.6. The predicted molar refractivity (Wildman–Crippen MR) is 122 cm³/mol. The van der Waals surface area contributed by atoms with Gasteiger partial charge in [-0.25, -0.2) is 18.1 Å². The summed E-state index contributed by atoms with van der Waals surface area (Å²) >= 11 is 1.67. The van der Waals surface area contributed by atoms with Gasteiger partial charge in [-0.15, -0.1) is 0 Å². The van der Waals surface area contributed by atoms with E-state index in [0.717, 1.165) is 16.8 Å². The average Bonchev–Trinajstić information content (AvgIpc) is 3.15. The van der Waals surface area contributed by atoms with Crippen molar-refractivity contribution in [2.24, 2.45) is 0 Å². The number of sulfonamides is 1. The van der Waals surface area contributed by atoms with Crippen molar-refractivity contribution in [3.63, 3.8) is 0 Å². The van der Waals surface area contributed by atoms with E-state index in [1.165, 1.54) is 0 Å². The van der Waals surface area contributed by atoms with Crippen LogP contribution in [-0.2, 0) is 20.6 Å². The summed E-state index contributed by atoms with van der Waals surface area (Å²) in [5.41, 5.74) is 2.39. The quantitative estimate of drug-likeness (QED) is 0.444. The van der Waals surface area contributed by atoms with E-state index in [0.29, 0.717) is 17.8 Å². The minimum atomic E-state index is -3.66. The first-order chi connectivity index (χ1) is 14.4. The molecule has 0 saturated carbocycles. The summed E-state index contributed by atoms with van der Waals surface area (Å²) in [7, 11) is -3.66. The monoisotopic (exact) mass is 446 g/mol. The summed E-state index contributed by atoms with van der Waals surface area (Å²) in [5, 5.41) is 2.94. The topological polar surface area (TPSA) is 104 Å². The van der Waals surface area contributed by atoms with Crippen LogP contribution in [-0.4, -0.2) is 42.3 Å². The Balaban J connectivity index is 1.68. The van der Waals surface area contributed by atoms with E-state index in [4.69, 9.17) is 0 Å². The van der Waals surface area contributed by atoms with E-state index in [1.54, 1.807) is 43.0 Å². The first kappa shape index (κ1) is 22.3. The van der Waals surface area contributed by atoms with Crippen molar-refractivity contribution in [3.8, 4) is 0 Å². The molecular weight excluding hydrogens is 420 g/mol. The number of aromatic amines is 1. The molecule has 30 heavy (non-hydrogen) atoms. The molecule has 7 nitrogen and oxygen atoms in total. The molecule has 2 atom stereocenters. The van der Waals surface area contributed by atoms with Crippen LogP contribution in [0.2, 0.25) is 0 Å². The molecule has 0 aliphatic carbocycles. The molecule has 0 spiro atoms. The second-order valence-corrected chi connectivity index (χ2v) is 9.81. The van der Waals surface area contributed by atoms with Crippen LogP contribution in [0.1, 0.15) is 30.8 Å². The number of hydrogen-bond donors (Lipinski definition) is 3. The highest BCUT2D eigenvalue weighted by atomic mass is 32.2. The van der Waals surface area contributed by atoms with Crippen LogP contribution in [0.3, 0.4) is 0 Å². The third-order valence-corrected chi connectivity index (χ3v) is 6.68. The smallest absolute Gasteiger partial charge is 0.238 e. The molecule has 0 fully saturated rings. The van der Waals surface area contributed by atoms with Crippen LogP contribution in [0.25, 0.3) is 11.0 Å². The zero-order chi connectivity index (χ0) is 21.6. The highest BCUT2D eigenvalue weighted by molar-refractivity contribution is 7.98. The molecule has 3 aromatic rings. The Kier molecular flexibility index (Phi) is 7.52. The number of aromatic nitrogens is 2. The Morgan fingerprint density at radius 3 is 2.53 bits per heavy atom. The molecule has 3 rings (SSSR count). The van der Waals surface area contributed by atoms with E-state index in [1.807, 2.05) is 36.6 Å². The number of hydrogen-bond acceptors (Lipinski definition) is 5. The fraction of sp³-hybridized carbons (Fsp3) is 0.333. The Morgan fingerprint density at radius 1 is 1.13 bits per heavy atom. The molecule has 9 heteroatoms. The number of carbonyl (C=O) groups is 1. The SMILES string of the molecule is CSCC[C@H](NC(=O)[C@@H](C)NS(=O)(=O)Cc1ccccc1)c1nc2ccccc2[nH]1. The maximum Gasteiger partial charge on any atom is 0.238 e. The highest BCUT2D eigenvalue weighted by Crippen LogP contribution is 2.20. The van der Waals surface area contributed by atoms with Crippen LogP contribution in [0.5, 0.6) is 0 Å². The molecule has 0 saturated heterocycles. The lowest BCUT2D eigenvalue weighted by molar-refractivity contribution is -0.123. The first-order valence-corrected chi connectivity index (χ1v) is 12.7. The van der Waals surface area contributed by atoms with E-state index >= 15 is 0 Å². The molecule has 160 valence electrons. The lowest BCUT2D eigenvalue weighted by atomic mass is 10.2. The number of H-pyrrole nitrogens is 1. The number of nitrogens with one attached hydrogen (secondary N) is 3. The van der Waals surface area contributed by atoms with Crippen LogP contribution in [0.15, 0.2) is 54.6 Å². The molecule has 0 aliphatic heterocycles. The lowest BCUT2D eigenvalue weighted by Gasteiger charge is -2.20. The Bertz CT molecular complexity index is 1050. The molecule has 2 aromatic carbocycles. The largest absolute Gasteiger partial charge is 0.345 e. The van der Waals surface area contributed by atoms with Gasteiger partial charge in [0.1, 0.15) is 5.82 Å². The zero-order valence-electron chi connectivity index (χ0n) is 17.0. The number of imidazole rings is 1. The number of nitrogens with zero attached hydrogens (tertiary/aromatic N) is 1. The summed E-state index contributed by atoms with van der Waals surface area (Å²) in [6.07, 6.45) is 2.67. The normalized spacial score (nSPS) is 13.8. The van der Waals surface area contributed by atoms with Crippen molar-refractivity contribution in [2.75, 3.05) is 12.0 Å². The number of fused-ring (bicyclic) bond motifs is 1. The van der Waals surface area contributed by atoms with Gasteiger partial charge in [-0.1, -0.05) is 42.5 Å². The third-order valence-electron chi connectivity index (χ3n) is 4.61. The van der Waals surface area contributed by atoms with Gasteiger partial charge in [0.2, 0.25) is 15.9 Å². The van der Waals surface area contributed by atoms with E-state index in [2.05, 4.69) is 20.0 Å². The molecule has 0 unspecified atom stereocenters. The van der Waals surface area contributed by atoms with Gasteiger partial charge < -0.3 is 10.3 Å². The first-order valence-electron chi connectivity index (χ1n) is 9.66. The molecule has 1 amide bonds. The Labute approximate surface area is 181 Å². The summed E-state index contributed by atoms with van der Waals surface area (Å²) in [6, 6.07) is 15.3. The van der Waals surface area contributed by atoms with Crippen molar-refractivity contribution in [1.82, 2.24) is 20.0 Å². The van der Waals surface area contributed by atoms with E-state index in [9.17, 15) is 13.2 Å². The minimum Gasteiger partial charge on any atom is -0.345 e. The van der Waals surface area contributed by atoms with Gasteiger partial charge in [-0.2, -0.15) is 11.8 Å². The third kappa shape index (κ3) is 6.07. The van der Waals surface area contributed by atoms with Crippen LogP contribution in [0.4, 0.5) is 0 Å². The molecule has 0 aliphatic rings. The van der Waals surface area contributed by atoms with Gasteiger partial charge in [0.05, 0.1) is 28.9 Å². The fourth-order valence-electron chi connectivity index (χ4n) is 3.11. The van der Waals surface area contributed by atoms with Crippen molar-refractivity contribution in [3.05, 3.63) is 66.0 Å². The van der Waals surface area contributed by atoms with Gasteiger partial charge in [0, 0.05) is 0 Å². The Hall–Kier alpha value is -2.36. The predicted octanol–water partition coefficient (Wildman–Crippen LogP) is 2.98. The number of benzene rings is 2. The van der Waals surface area contributed by atoms with Gasteiger partial charge >= 0.3 is 0 Å². The van der Waals surface area contributed by atoms with Crippen LogP contribution < -0.4 is 10.0 Å². The number of rotatable bonds is 10. The van der Waals surface area contributed by atoms with Crippen LogP contribution >= 0.6 is 11.8 Å². The average molecular weight is 447 g/mol. The Morgan fingerprint density at radius 2 is 1.83 bits per heavy atom. The second-order valence-electron chi connectivity index (χ2n) is 7.07. The maximum absolute atomic E-state index is 12.7. The van der Waals surface area contributed by atoms with Crippen molar-refractivity contribution in [1.29, 1.82) is 0 Å². The maximum atomic E-state index is 12.7. The van der Waals surface area contributed by atoms with Gasteiger partial charge in [0.15, 0.2) is 0 Å². The lowest BCUT2D eigenvalue weighted by Crippen LogP contribution is -2.46. The van der Waals surface area contributed by atoms with Crippen molar-refractivity contribution < 1.29 is 13.2 Å². The molecule has 0 radical (unpaired) electrons. The van der Waals surface area contributed by atoms with Crippen molar-refractivity contribution in [2.45, 2.75) is 31.2 Å². The van der Waals surface area contributed by atoms with Crippen molar-refractivity contribution >= 4 is 38.7 Å². The number of carbonyl (C=O) groups excluding carboxylic acids is 1. The number of thioether (sulfide) groups is 1. The molecule has 1 aromatic heterocycles. The molecule has 1 heterocycles. The number of para-hydroxylation sites is 2. The molecular formula is C21H26N4O3S2. The number of amides is 1. The molecule has 3 N–H and O–H groups in total. The summed E-state index contributed by atoms with van der Waals surface area (Å²) in [4.78, 5) is 20.6. The van der Waals surface area contributed by atoms with E-state index in [-0.39, 0.29) is 11.8 Å². The molecule has 0 bridgehead atoms. The van der Waals surface area contributed by atoms with Gasteiger partial charge in [-0.05, 0) is 43.0 Å².